The number of para-hydroxylation sites is 2. The van der Waals surface area contributed by atoms with Gasteiger partial charge >= 0.3 is 0 Å². The van der Waals surface area contributed by atoms with E-state index in [2.05, 4.69) is 4.90 Å². The van der Waals surface area contributed by atoms with Crippen molar-refractivity contribution in [1.82, 2.24) is 0 Å². The molecule has 3 aromatic rings. The van der Waals surface area contributed by atoms with E-state index >= 15 is 0 Å². The molecule has 9 heteroatoms. The largest absolute Gasteiger partial charge is 0.508 e. The van der Waals surface area contributed by atoms with E-state index in [4.69, 9.17) is 4.74 Å². The van der Waals surface area contributed by atoms with Crippen LogP contribution in [0.4, 0.5) is 17.1 Å². The van der Waals surface area contributed by atoms with Crippen LogP contribution < -0.4 is 14.7 Å². The highest BCUT2D eigenvalue weighted by molar-refractivity contribution is 6.25. The maximum Gasteiger partial charge on any atom is 0.241 e. The molecule has 9 nitrogen and oxygen atoms in total. The summed E-state index contributed by atoms with van der Waals surface area (Å²) in [7, 11) is 0. The molecule has 1 N–H and O–H groups in total. The number of benzene rings is 3. The third kappa shape index (κ3) is 4.04. The number of phenolic OH excluding ortho intramolecular Hbond substituents is 1. The summed E-state index contributed by atoms with van der Waals surface area (Å²) in [6.07, 6.45) is 2.62. The van der Waals surface area contributed by atoms with Crippen LogP contribution in [0.3, 0.4) is 0 Å². The number of amides is 4. The van der Waals surface area contributed by atoms with E-state index in [1.807, 2.05) is 49.4 Å². The van der Waals surface area contributed by atoms with E-state index in [0.29, 0.717) is 36.6 Å². The molecule has 0 aromatic heterocycles. The number of imide groups is 2. The van der Waals surface area contributed by atoms with E-state index in [0.717, 1.165) is 24.4 Å². The molecule has 2 aliphatic carbocycles. The number of carbonyl (C=O) groups excluding carboxylic acids is 4. The number of aromatic hydroxyl groups is 1. The lowest BCUT2D eigenvalue weighted by Gasteiger charge is -2.49. The van der Waals surface area contributed by atoms with Gasteiger partial charge in [0, 0.05) is 30.3 Å². The molecule has 5 aliphatic rings. The van der Waals surface area contributed by atoms with Crippen LogP contribution in [-0.4, -0.2) is 55.0 Å². The van der Waals surface area contributed by atoms with Crippen molar-refractivity contribution < 1.29 is 29.0 Å². The van der Waals surface area contributed by atoms with Gasteiger partial charge in [-0.2, -0.15) is 0 Å². The third-order valence-corrected chi connectivity index (χ3v) is 11.0. The van der Waals surface area contributed by atoms with Gasteiger partial charge in [-0.15, -0.1) is 0 Å². The lowest BCUT2D eigenvalue weighted by Crippen LogP contribution is -2.48. The van der Waals surface area contributed by atoms with Crippen molar-refractivity contribution in [2.24, 2.45) is 29.1 Å². The fraction of sp³-hybridized carbons (Fsp3) is 0.351. The molecule has 4 amide bonds. The van der Waals surface area contributed by atoms with Crippen molar-refractivity contribution in [2.75, 3.05) is 41.0 Å². The highest BCUT2D eigenvalue weighted by Crippen LogP contribution is 2.64. The van der Waals surface area contributed by atoms with Gasteiger partial charge in [0.25, 0.3) is 0 Å². The Bertz CT molecular complexity index is 1780. The maximum absolute atomic E-state index is 14.4. The minimum Gasteiger partial charge on any atom is -0.508 e. The monoisotopic (exact) mass is 617 g/mol. The Morgan fingerprint density at radius 2 is 1.39 bits per heavy atom. The first kappa shape index (κ1) is 28.7. The highest BCUT2D eigenvalue weighted by Gasteiger charge is 2.68. The minimum absolute atomic E-state index is 0.0327. The lowest BCUT2D eigenvalue weighted by atomic mass is 9.51. The topological polar surface area (TPSA) is 107 Å². The first-order valence-corrected chi connectivity index (χ1v) is 16.0. The number of ether oxygens (including phenoxy) is 1. The second-order valence-corrected chi connectivity index (χ2v) is 13.2. The van der Waals surface area contributed by atoms with E-state index in [-0.39, 0.29) is 35.8 Å². The van der Waals surface area contributed by atoms with Crippen molar-refractivity contribution in [3.8, 4) is 5.75 Å². The Morgan fingerprint density at radius 1 is 0.739 bits per heavy atom. The summed E-state index contributed by atoms with van der Waals surface area (Å²) in [4.78, 5) is 61.7. The average molecular weight is 618 g/mol. The molecule has 0 spiro atoms. The van der Waals surface area contributed by atoms with Crippen molar-refractivity contribution in [3.05, 3.63) is 96.1 Å². The predicted molar refractivity (Wildman–Crippen MR) is 171 cm³/mol. The number of phenols is 1. The van der Waals surface area contributed by atoms with Crippen LogP contribution in [0.2, 0.25) is 0 Å². The van der Waals surface area contributed by atoms with Gasteiger partial charge in [-0.3, -0.25) is 24.1 Å². The molecule has 4 fully saturated rings. The van der Waals surface area contributed by atoms with E-state index in [9.17, 15) is 24.3 Å². The molecule has 0 unspecified atom stereocenters. The standard InChI is InChI=1S/C37H35N3O6/c1-37-29(34(43)40(36(37)45)23-7-3-2-4-8-23)21-28-25(32(37)26-9-5-6-10-30(26)41)15-16-27-31(28)35(44)39(33(27)42)24-13-11-22(12-14-24)38-17-19-46-20-18-38/h2-15,27-29,31-32,41H,16-21H2,1H3/t27-,28+,29-,31-,32+,37+/m0/s1. The second-order valence-electron chi connectivity index (χ2n) is 13.2. The van der Waals surface area contributed by atoms with Crippen LogP contribution in [0.1, 0.15) is 31.2 Å². The Kier molecular flexibility index (Phi) is 6.65. The molecule has 8 rings (SSSR count). The van der Waals surface area contributed by atoms with Crippen molar-refractivity contribution in [1.29, 1.82) is 0 Å². The normalized spacial score (nSPS) is 30.7. The van der Waals surface area contributed by atoms with Crippen LogP contribution in [0.5, 0.6) is 5.75 Å². The van der Waals surface area contributed by atoms with Gasteiger partial charge in [0.1, 0.15) is 5.75 Å². The molecule has 3 aliphatic heterocycles. The fourth-order valence-electron chi connectivity index (χ4n) is 8.80. The molecule has 0 radical (unpaired) electrons. The number of rotatable bonds is 4. The summed E-state index contributed by atoms with van der Waals surface area (Å²) in [5, 5.41) is 11.1. The summed E-state index contributed by atoms with van der Waals surface area (Å²) in [5.41, 5.74) is 2.25. The van der Waals surface area contributed by atoms with E-state index < -0.39 is 35.0 Å². The van der Waals surface area contributed by atoms with Gasteiger partial charge in [-0.05, 0) is 68.1 Å². The number of carbonyl (C=O) groups is 4. The number of anilines is 3. The fourth-order valence-corrected chi connectivity index (χ4v) is 8.80. The van der Waals surface area contributed by atoms with E-state index in [1.165, 1.54) is 9.80 Å². The maximum atomic E-state index is 14.4. The number of fused-ring (bicyclic) bond motifs is 4. The molecule has 3 saturated heterocycles. The van der Waals surface area contributed by atoms with Crippen molar-refractivity contribution in [3.63, 3.8) is 0 Å². The van der Waals surface area contributed by atoms with Gasteiger partial charge in [0.05, 0.1) is 47.8 Å². The molecule has 6 atom stereocenters. The zero-order valence-electron chi connectivity index (χ0n) is 25.5. The Labute approximate surface area is 267 Å². The smallest absolute Gasteiger partial charge is 0.241 e. The number of allylic oxidation sites excluding steroid dienone is 2. The van der Waals surface area contributed by atoms with Gasteiger partial charge in [-0.25, -0.2) is 4.90 Å². The van der Waals surface area contributed by atoms with Crippen molar-refractivity contribution >= 4 is 40.7 Å². The average Bonchev–Trinajstić information content (AvgIpc) is 3.45. The number of hydrogen-bond donors (Lipinski definition) is 1. The van der Waals surface area contributed by atoms with Gasteiger partial charge in [0.15, 0.2) is 0 Å². The predicted octanol–water partition coefficient (Wildman–Crippen LogP) is 4.66. The number of hydrogen-bond acceptors (Lipinski definition) is 7. The summed E-state index contributed by atoms with van der Waals surface area (Å²) in [6.45, 7) is 4.70. The zero-order chi connectivity index (χ0) is 31.7. The van der Waals surface area contributed by atoms with Gasteiger partial charge in [0.2, 0.25) is 23.6 Å². The van der Waals surface area contributed by atoms with Crippen molar-refractivity contribution in [2.45, 2.75) is 25.7 Å². The SMILES string of the molecule is C[C@@]12C(=O)N(c3ccccc3)C(=O)[C@@H]1C[C@@H]1C(=CC[C@@H]3C(=O)N(c4ccc(N5CCOCC5)cc4)C(=O)[C@@H]31)[C@@H]2c1ccccc1O. The lowest BCUT2D eigenvalue weighted by molar-refractivity contribution is -0.131. The molecule has 3 aromatic carbocycles. The van der Waals surface area contributed by atoms with Gasteiger partial charge < -0.3 is 14.7 Å². The first-order valence-electron chi connectivity index (χ1n) is 16.0. The first-order chi connectivity index (χ1) is 22.3. The molecule has 1 saturated carbocycles. The quantitative estimate of drug-likeness (QED) is 0.335. The van der Waals surface area contributed by atoms with Crippen LogP contribution in [0.15, 0.2) is 90.5 Å². The number of morpholine rings is 1. The highest BCUT2D eigenvalue weighted by atomic mass is 16.5. The van der Waals surface area contributed by atoms with E-state index in [1.54, 1.807) is 42.5 Å². The number of nitrogens with zero attached hydrogens (tertiary/aromatic N) is 3. The molecular weight excluding hydrogens is 582 g/mol. The van der Waals surface area contributed by atoms with Crippen LogP contribution in [0.25, 0.3) is 0 Å². The molecule has 46 heavy (non-hydrogen) atoms. The minimum atomic E-state index is -1.19. The van der Waals surface area contributed by atoms with Crippen LogP contribution in [-0.2, 0) is 23.9 Å². The third-order valence-electron chi connectivity index (χ3n) is 11.0. The second kappa shape index (κ2) is 10.7. The molecular formula is C37H35N3O6. The summed E-state index contributed by atoms with van der Waals surface area (Å²) in [5.74, 6) is -4.17. The van der Waals surface area contributed by atoms with Crippen LogP contribution >= 0.6 is 0 Å². The molecule has 0 bridgehead atoms. The van der Waals surface area contributed by atoms with Gasteiger partial charge in [-0.1, -0.05) is 48.0 Å². The molecule has 234 valence electrons. The molecule has 3 heterocycles. The Morgan fingerprint density at radius 3 is 2.11 bits per heavy atom. The van der Waals surface area contributed by atoms with Crippen LogP contribution in [0, 0.1) is 29.1 Å². The summed E-state index contributed by atoms with van der Waals surface area (Å²) >= 11 is 0. The summed E-state index contributed by atoms with van der Waals surface area (Å²) in [6, 6.07) is 23.4. The Balaban J connectivity index is 1.18. The zero-order valence-corrected chi connectivity index (χ0v) is 25.5. The summed E-state index contributed by atoms with van der Waals surface area (Å²) < 4.78 is 5.47. The Hall–Kier alpha value is -4.76.